The second-order valence-electron chi connectivity index (χ2n) is 4.01. The smallest absolute Gasteiger partial charge is 0.260 e. The van der Waals surface area contributed by atoms with Crippen LogP contribution in [-0.2, 0) is 0 Å². The molecule has 0 radical (unpaired) electrons. The van der Waals surface area contributed by atoms with Crippen LogP contribution in [0.5, 0.6) is 0 Å². The minimum Gasteiger partial charge on any atom is -0.290 e. The van der Waals surface area contributed by atoms with Gasteiger partial charge >= 0.3 is 0 Å². The molecule has 3 aromatic rings. The molecule has 0 aliphatic heterocycles. The summed E-state index contributed by atoms with van der Waals surface area (Å²) in [5.74, 6) is 0.419. The fraction of sp³-hybridized carbons (Fsp3) is 0.0833. The first kappa shape index (κ1) is 11.2. The van der Waals surface area contributed by atoms with E-state index in [1.165, 1.54) is 0 Å². The van der Waals surface area contributed by atoms with Gasteiger partial charge in [0.25, 0.3) is 5.56 Å². The van der Waals surface area contributed by atoms with E-state index >= 15 is 0 Å². The molecule has 0 bridgehead atoms. The van der Waals surface area contributed by atoms with Gasteiger partial charge in [-0.3, -0.25) is 9.78 Å². The summed E-state index contributed by atoms with van der Waals surface area (Å²) in [5, 5.41) is 4.68. The van der Waals surface area contributed by atoms with Gasteiger partial charge in [-0.25, -0.2) is 9.67 Å². The van der Waals surface area contributed by atoms with E-state index in [0.717, 1.165) is 10.0 Å². The number of H-pyrrole nitrogens is 1. The van der Waals surface area contributed by atoms with Gasteiger partial charge in [-0.2, -0.15) is 5.10 Å². The quantitative estimate of drug-likeness (QED) is 0.749. The molecule has 2 heterocycles. The Morgan fingerprint density at radius 2 is 2.22 bits per heavy atom. The van der Waals surface area contributed by atoms with E-state index in [-0.39, 0.29) is 5.56 Å². The maximum atomic E-state index is 12.0. The van der Waals surface area contributed by atoms with Gasteiger partial charge in [-0.1, -0.05) is 15.9 Å². The molecule has 18 heavy (non-hydrogen) atoms. The number of nitrogens with zero attached hydrogens (tertiary/aromatic N) is 3. The molecule has 1 N–H and O–H groups in total. The lowest BCUT2D eigenvalue weighted by atomic mass is 10.2. The van der Waals surface area contributed by atoms with Crippen molar-refractivity contribution >= 4 is 26.8 Å². The van der Waals surface area contributed by atoms with Crippen molar-refractivity contribution in [2.45, 2.75) is 6.92 Å². The molecule has 0 fully saturated rings. The zero-order valence-corrected chi connectivity index (χ0v) is 11.1. The van der Waals surface area contributed by atoms with E-state index in [0.29, 0.717) is 16.9 Å². The first-order valence-corrected chi connectivity index (χ1v) is 6.14. The molecule has 3 rings (SSSR count). The fourth-order valence-corrected chi connectivity index (χ4v) is 2.10. The highest BCUT2D eigenvalue weighted by Crippen LogP contribution is 2.15. The molecule has 0 aliphatic carbocycles. The van der Waals surface area contributed by atoms with E-state index in [4.69, 9.17) is 0 Å². The number of nitrogens with one attached hydrogen (secondary N) is 1. The highest BCUT2D eigenvalue weighted by atomic mass is 79.9. The number of aromatic amines is 1. The Hall–Kier alpha value is -1.95. The number of fused-ring (bicyclic) bond motifs is 1. The highest BCUT2D eigenvalue weighted by Gasteiger charge is 2.06. The third-order valence-electron chi connectivity index (χ3n) is 2.58. The largest absolute Gasteiger partial charge is 0.290 e. The second-order valence-corrected chi connectivity index (χ2v) is 4.93. The van der Waals surface area contributed by atoms with E-state index in [1.54, 1.807) is 23.0 Å². The van der Waals surface area contributed by atoms with Gasteiger partial charge in [0.15, 0.2) is 0 Å². The number of benzene rings is 1. The van der Waals surface area contributed by atoms with Gasteiger partial charge in [0.1, 0.15) is 0 Å². The van der Waals surface area contributed by atoms with E-state index in [2.05, 4.69) is 31.0 Å². The zero-order valence-electron chi connectivity index (χ0n) is 9.51. The molecule has 0 amide bonds. The molecule has 0 atom stereocenters. The Kier molecular flexibility index (Phi) is 2.52. The molecule has 0 spiro atoms. The SMILES string of the molecule is Cc1cnn(-c2nc3ccc(Br)cc3c(=O)[nH]2)c1. The summed E-state index contributed by atoms with van der Waals surface area (Å²) in [4.78, 5) is 19.1. The summed E-state index contributed by atoms with van der Waals surface area (Å²) < 4.78 is 2.41. The van der Waals surface area contributed by atoms with E-state index in [9.17, 15) is 4.79 Å². The molecular weight excluding hydrogens is 296 g/mol. The Labute approximate surface area is 111 Å². The van der Waals surface area contributed by atoms with Crippen molar-refractivity contribution in [2.24, 2.45) is 0 Å². The van der Waals surface area contributed by atoms with Gasteiger partial charge in [0.05, 0.1) is 17.1 Å². The van der Waals surface area contributed by atoms with Gasteiger partial charge in [0, 0.05) is 10.7 Å². The standard InChI is InChI=1S/C12H9BrN4O/c1-7-5-14-17(6-7)12-15-10-3-2-8(13)4-9(10)11(18)16-12/h2-6H,1H3,(H,15,16,18). The van der Waals surface area contributed by atoms with Crippen LogP contribution >= 0.6 is 15.9 Å². The summed E-state index contributed by atoms with van der Waals surface area (Å²) in [6, 6.07) is 5.40. The number of hydrogen-bond acceptors (Lipinski definition) is 3. The topological polar surface area (TPSA) is 63.6 Å². The van der Waals surface area contributed by atoms with Crippen molar-refractivity contribution < 1.29 is 0 Å². The Balaban J connectivity index is 2.28. The van der Waals surface area contributed by atoms with Crippen molar-refractivity contribution in [1.82, 2.24) is 19.7 Å². The molecule has 0 unspecified atom stereocenters. The monoisotopic (exact) mass is 304 g/mol. The van der Waals surface area contributed by atoms with Crippen LogP contribution in [0.25, 0.3) is 16.9 Å². The van der Waals surface area contributed by atoms with Crippen molar-refractivity contribution in [3.63, 3.8) is 0 Å². The van der Waals surface area contributed by atoms with Crippen LogP contribution < -0.4 is 5.56 Å². The molecule has 0 aliphatic rings. The second kappa shape index (κ2) is 4.06. The summed E-state index contributed by atoms with van der Waals surface area (Å²) in [6.45, 7) is 1.93. The first-order valence-electron chi connectivity index (χ1n) is 5.35. The third-order valence-corrected chi connectivity index (χ3v) is 3.08. The predicted molar refractivity (Wildman–Crippen MR) is 71.9 cm³/mol. The highest BCUT2D eigenvalue weighted by molar-refractivity contribution is 9.10. The number of aromatic nitrogens is 4. The van der Waals surface area contributed by atoms with Gasteiger partial charge in [-0.15, -0.1) is 0 Å². The minimum atomic E-state index is -0.176. The lowest BCUT2D eigenvalue weighted by Crippen LogP contribution is -2.13. The Bertz CT molecular complexity index is 790. The average molecular weight is 305 g/mol. The number of aryl methyl sites for hydroxylation is 1. The lowest BCUT2D eigenvalue weighted by Gasteiger charge is -2.02. The molecule has 0 saturated heterocycles. The van der Waals surface area contributed by atoms with Crippen molar-refractivity contribution in [2.75, 3.05) is 0 Å². The predicted octanol–water partition coefficient (Wildman–Crippen LogP) is 2.18. The summed E-state index contributed by atoms with van der Waals surface area (Å²) in [7, 11) is 0. The van der Waals surface area contributed by atoms with Crippen LogP contribution in [0.1, 0.15) is 5.56 Å². The van der Waals surface area contributed by atoms with Gasteiger partial charge < -0.3 is 0 Å². The Morgan fingerprint density at radius 3 is 2.94 bits per heavy atom. The number of hydrogen-bond donors (Lipinski definition) is 1. The summed E-state index contributed by atoms with van der Waals surface area (Å²) >= 11 is 3.34. The summed E-state index contributed by atoms with van der Waals surface area (Å²) in [5.41, 5.74) is 1.48. The number of rotatable bonds is 1. The average Bonchev–Trinajstić information content (AvgIpc) is 2.77. The van der Waals surface area contributed by atoms with Gasteiger partial charge in [0.2, 0.25) is 5.95 Å². The number of halogens is 1. The molecule has 1 aromatic carbocycles. The molecule has 6 heteroatoms. The van der Waals surface area contributed by atoms with Gasteiger partial charge in [-0.05, 0) is 30.7 Å². The first-order chi connectivity index (χ1) is 8.63. The molecule has 0 saturated carbocycles. The van der Waals surface area contributed by atoms with Crippen LogP contribution in [0.4, 0.5) is 0 Å². The van der Waals surface area contributed by atoms with Crippen LogP contribution in [0, 0.1) is 6.92 Å². The normalized spacial score (nSPS) is 11.0. The Morgan fingerprint density at radius 1 is 1.39 bits per heavy atom. The third kappa shape index (κ3) is 1.84. The molecule has 5 nitrogen and oxygen atoms in total. The van der Waals surface area contributed by atoms with Crippen molar-refractivity contribution in [1.29, 1.82) is 0 Å². The summed E-state index contributed by atoms with van der Waals surface area (Å²) in [6.07, 6.45) is 3.52. The van der Waals surface area contributed by atoms with Crippen LogP contribution in [-0.4, -0.2) is 19.7 Å². The van der Waals surface area contributed by atoms with E-state index < -0.39 is 0 Å². The van der Waals surface area contributed by atoms with E-state index in [1.807, 2.05) is 19.2 Å². The maximum Gasteiger partial charge on any atom is 0.260 e. The van der Waals surface area contributed by atoms with Crippen molar-refractivity contribution in [3.8, 4) is 5.95 Å². The maximum absolute atomic E-state index is 12.0. The van der Waals surface area contributed by atoms with Crippen molar-refractivity contribution in [3.05, 3.63) is 51.0 Å². The fourth-order valence-electron chi connectivity index (χ4n) is 1.74. The minimum absolute atomic E-state index is 0.176. The van der Waals surface area contributed by atoms with Crippen LogP contribution in [0.2, 0.25) is 0 Å². The van der Waals surface area contributed by atoms with Crippen LogP contribution in [0.15, 0.2) is 39.9 Å². The molecular formula is C12H9BrN4O. The zero-order chi connectivity index (χ0) is 12.7. The molecule has 2 aromatic heterocycles. The lowest BCUT2D eigenvalue weighted by molar-refractivity contribution is 0.810. The molecule has 90 valence electrons. The van der Waals surface area contributed by atoms with Crippen LogP contribution in [0.3, 0.4) is 0 Å².